The Bertz CT molecular complexity index is 1140. The molecule has 27 heavy (non-hydrogen) atoms. The van der Waals surface area contributed by atoms with Crippen molar-refractivity contribution in [1.29, 1.82) is 0 Å². The van der Waals surface area contributed by atoms with E-state index in [0.717, 1.165) is 11.6 Å². The van der Waals surface area contributed by atoms with Gasteiger partial charge < -0.3 is 0 Å². The lowest BCUT2D eigenvalue weighted by molar-refractivity contribution is 0.0965. The van der Waals surface area contributed by atoms with Gasteiger partial charge in [-0.15, -0.1) is 0 Å². The number of hydrogen-bond acceptors (Lipinski definition) is 4. The summed E-state index contributed by atoms with van der Waals surface area (Å²) in [6, 6.07) is 8.61. The molecular weight excluding hydrogens is 376 g/mol. The Hall–Kier alpha value is -3.69. The number of rotatable bonds is 4. The standard InChI is InChI=1S/C15H10N6O5S/c1-8-2-4-9(5-3-8)10-6-7-11(14(22)18-20-16)12(15(23)19-21-17)13(10)27(24,25)26/h2-7H,1H3,(H,24,25,26). The average Bonchev–Trinajstić information content (AvgIpc) is 2.60. The summed E-state index contributed by atoms with van der Waals surface area (Å²) in [6.45, 7) is 1.80. The van der Waals surface area contributed by atoms with Crippen LogP contribution in [0.25, 0.3) is 32.0 Å². The second-order valence-electron chi connectivity index (χ2n) is 5.20. The van der Waals surface area contributed by atoms with E-state index in [4.69, 9.17) is 11.1 Å². The fourth-order valence-corrected chi connectivity index (χ4v) is 3.31. The maximum Gasteiger partial charge on any atom is 0.295 e. The normalized spacial score (nSPS) is 10.4. The third-order valence-electron chi connectivity index (χ3n) is 3.49. The molecule has 136 valence electrons. The van der Waals surface area contributed by atoms with Gasteiger partial charge in [0.15, 0.2) is 0 Å². The fourth-order valence-electron chi connectivity index (χ4n) is 2.39. The third-order valence-corrected chi connectivity index (χ3v) is 4.43. The number of carbonyl (C=O) groups excluding carboxylic acids is 2. The van der Waals surface area contributed by atoms with Crippen molar-refractivity contribution >= 4 is 21.9 Å². The molecule has 0 fully saturated rings. The molecule has 0 saturated heterocycles. The van der Waals surface area contributed by atoms with Gasteiger partial charge in [0.1, 0.15) is 4.90 Å². The van der Waals surface area contributed by atoms with Crippen LogP contribution in [0.2, 0.25) is 0 Å². The van der Waals surface area contributed by atoms with Gasteiger partial charge in [0, 0.05) is 21.0 Å². The lowest BCUT2D eigenvalue weighted by Crippen LogP contribution is -2.14. The van der Waals surface area contributed by atoms with Gasteiger partial charge in [-0.05, 0) is 39.8 Å². The van der Waals surface area contributed by atoms with Crippen LogP contribution >= 0.6 is 0 Å². The van der Waals surface area contributed by atoms with E-state index >= 15 is 0 Å². The molecule has 0 aliphatic rings. The van der Waals surface area contributed by atoms with Gasteiger partial charge in [0.25, 0.3) is 16.0 Å². The highest BCUT2D eigenvalue weighted by atomic mass is 32.2. The highest BCUT2D eigenvalue weighted by Gasteiger charge is 2.29. The van der Waals surface area contributed by atoms with Crippen molar-refractivity contribution in [3.63, 3.8) is 0 Å². The van der Waals surface area contributed by atoms with Gasteiger partial charge in [-0.1, -0.05) is 35.9 Å². The van der Waals surface area contributed by atoms with Crippen LogP contribution in [0.5, 0.6) is 0 Å². The van der Waals surface area contributed by atoms with Crippen LogP contribution < -0.4 is 0 Å². The molecule has 0 aliphatic heterocycles. The highest BCUT2D eigenvalue weighted by molar-refractivity contribution is 7.86. The van der Waals surface area contributed by atoms with Crippen LogP contribution in [0.15, 0.2) is 51.5 Å². The van der Waals surface area contributed by atoms with E-state index in [0.29, 0.717) is 5.56 Å². The van der Waals surface area contributed by atoms with E-state index < -0.39 is 38.0 Å². The van der Waals surface area contributed by atoms with Crippen molar-refractivity contribution < 1.29 is 22.6 Å². The molecule has 2 aromatic rings. The van der Waals surface area contributed by atoms with E-state index in [1.807, 2.05) is 0 Å². The summed E-state index contributed by atoms with van der Waals surface area (Å²) in [7, 11) is -5.05. The van der Waals surface area contributed by atoms with Crippen molar-refractivity contribution in [2.45, 2.75) is 11.8 Å². The summed E-state index contributed by atoms with van der Waals surface area (Å²) in [4.78, 5) is 27.8. The number of benzene rings is 2. The minimum atomic E-state index is -5.05. The van der Waals surface area contributed by atoms with Crippen molar-refractivity contribution in [3.05, 3.63) is 74.0 Å². The van der Waals surface area contributed by atoms with Crippen molar-refractivity contribution in [2.75, 3.05) is 0 Å². The zero-order valence-corrected chi connectivity index (χ0v) is 14.5. The molecule has 0 atom stereocenters. The third kappa shape index (κ3) is 4.11. The molecule has 0 saturated carbocycles. The van der Waals surface area contributed by atoms with Gasteiger partial charge in [0.05, 0.1) is 5.56 Å². The summed E-state index contributed by atoms with van der Waals surface area (Å²) in [6.07, 6.45) is 0. The molecule has 0 bridgehead atoms. The molecule has 2 rings (SSSR count). The Morgan fingerprint density at radius 2 is 1.52 bits per heavy atom. The van der Waals surface area contributed by atoms with E-state index in [9.17, 15) is 22.6 Å². The second-order valence-corrected chi connectivity index (χ2v) is 6.55. The lowest BCUT2D eigenvalue weighted by atomic mass is 9.97. The van der Waals surface area contributed by atoms with Crippen molar-refractivity contribution in [3.8, 4) is 11.1 Å². The second kappa shape index (κ2) is 7.68. The largest absolute Gasteiger partial charge is 0.295 e. The molecule has 0 heterocycles. The molecule has 0 spiro atoms. The van der Waals surface area contributed by atoms with Gasteiger partial charge in [-0.25, -0.2) is 0 Å². The fraction of sp³-hybridized carbons (Fsp3) is 0.0667. The van der Waals surface area contributed by atoms with E-state index in [2.05, 4.69) is 20.1 Å². The zero-order valence-electron chi connectivity index (χ0n) is 13.6. The van der Waals surface area contributed by atoms with Gasteiger partial charge in [-0.3, -0.25) is 14.1 Å². The van der Waals surface area contributed by atoms with Crippen LogP contribution in [0.4, 0.5) is 0 Å². The molecule has 0 aromatic heterocycles. The summed E-state index contributed by atoms with van der Waals surface area (Å²) in [5, 5.41) is 5.61. The molecular formula is C15H10N6O5S. The highest BCUT2D eigenvalue weighted by Crippen LogP contribution is 2.33. The topological polar surface area (TPSA) is 186 Å². The summed E-state index contributed by atoms with van der Waals surface area (Å²) in [5.74, 6) is -2.72. The molecule has 1 N–H and O–H groups in total. The van der Waals surface area contributed by atoms with Crippen LogP contribution in [-0.4, -0.2) is 24.8 Å². The summed E-state index contributed by atoms with van der Waals surface area (Å²) < 4.78 is 33.7. The predicted octanol–water partition coefficient (Wildman–Crippen LogP) is 3.81. The van der Waals surface area contributed by atoms with Crippen LogP contribution in [0, 0.1) is 6.92 Å². The molecule has 0 aliphatic carbocycles. The first-order chi connectivity index (χ1) is 12.7. The van der Waals surface area contributed by atoms with E-state index in [1.165, 1.54) is 18.2 Å². The SMILES string of the molecule is Cc1ccc(-c2ccc(C(=O)N=[N+]=[N-])c(C(=O)N=[N+]=[N-])c2S(=O)(=O)O)cc1. The van der Waals surface area contributed by atoms with Crippen LogP contribution in [0.1, 0.15) is 26.3 Å². The average molecular weight is 386 g/mol. The molecule has 12 heteroatoms. The molecule has 0 radical (unpaired) electrons. The monoisotopic (exact) mass is 386 g/mol. The lowest BCUT2D eigenvalue weighted by Gasteiger charge is -2.14. The molecule has 11 nitrogen and oxygen atoms in total. The Balaban J connectivity index is 3.01. The zero-order chi connectivity index (χ0) is 20.2. The molecule has 2 amide bonds. The quantitative estimate of drug-likeness (QED) is 0.361. The first kappa shape index (κ1) is 19.6. The minimum Gasteiger partial charge on any atom is -0.287 e. The predicted molar refractivity (Wildman–Crippen MR) is 93.4 cm³/mol. The van der Waals surface area contributed by atoms with Gasteiger partial charge in [0.2, 0.25) is 5.91 Å². The number of hydrogen-bond donors (Lipinski definition) is 1. The Kier molecular flexibility index (Phi) is 5.59. The van der Waals surface area contributed by atoms with Crippen LogP contribution in [-0.2, 0) is 10.1 Å². The number of aryl methyl sites for hydroxylation is 1. The number of azide groups is 2. The number of carbonyl (C=O) groups is 2. The summed E-state index contributed by atoms with van der Waals surface area (Å²) >= 11 is 0. The summed E-state index contributed by atoms with van der Waals surface area (Å²) in [5.41, 5.74) is 16.5. The number of nitrogens with zero attached hydrogens (tertiary/aromatic N) is 6. The Morgan fingerprint density at radius 3 is 2.04 bits per heavy atom. The van der Waals surface area contributed by atoms with Gasteiger partial charge >= 0.3 is 0 Å². The van der Waals surface area contributed by atoms with E-state index in [-0.39, 0.29) is 5.56 Å². The number of amides is 2. The van der Waals surface area contributed by atoms with Crippen molar-refractivity contribution in [1.82, 2.24) is 0 Å². The Labute approximate surface area is 152 Å². The maximum atomic E-state index is 12.2. The molecule has 0 unspecified atom stereocenters. The maximum absolute atomic E-state index is 12.2. The van der Waals surface area contributed by atoms with Gasteiger partial charge in [-0.2, -0.15) is 8.42 Å². The van der Waals surface area contributed by atoms with E-state index in [1.54, 1.807) is 19.1 Å². The van der Waals surface area contributed by atoms with Crippen molar-refractivity contribution in [2.24, 2.45) is 10.2 Å². The first-order valence-corrected chi connectivity index (χ1v) is 8.55. The first-order valence-electron chi connectivity index (χ1n) is 7.11. The van der Waals surface area contributed by atoms with Crippen LogP contribution in [0.3, 0.4) is 0 Å². The smallest absolute Gasteiger partial charge is 0.287 e. The minimum absolute atomic E-state index is 0.105. The Morgan fingerprint density at radius 1 is 0.963 bits per heavy atom. The molecule has 2 aromatic carbocycles.